The van der Waals surface area contributed by atoms with Crippen molar-refractivity contribution < 1.29 is 19.4 Å². The molecular weight excluding hydrogens is 424 g/mol. The third-order valence-electron chi connectivity index (χ3n) is 5.64. The number of hydrogen-bond donors (Lipinski definition) is 1. The van der Waals surface area contributed by atoms with E-state index in [9.17, 15) is 4.79 Å². The molecule has 0 radical (unpaired) electrons. The van der Waals surface area contributed by atoms with E-state index in [0.717, 1.165) is 56.7 Å². The lowest BCUT2D eigenvalue weighted by molar-refractivity contribution is 0.112. The molecule has 4 nitrogen and oxygen atoms in total. The van der Waals surface area contributed by atoms with Crippen LogP contribution in [0, 0.1) is 13.8 Å². The molecule has 34 heavy (non-hydrogen) atoms. The van der Waals surface area contributed by atoms with Gasteiger partial charge >= 0.3 is 0 Å². The molecule has 0 aliphatic heterocycles. The minimum atomic E-state index is 0.0852. The summed E-state index contributed by atoms with van der Waals surface area (Å²) in [6.45, 7) is 4.13. The molecular formula is C30H30O4. The number of carbonyl (C=O) groups excluding carboxylic acids is 1. The van der Waals surface area contributed by atoms with Crippen molar-refractivity contribution in [2.45, 2.75) is 20.5 Å². The number of benzene rings is 4. The Hall–Kier alpha value is -3.89. The highest BCUT2D eigenvalue weighted by atomic mass is 16.5. The SMILES string of the molecule is COc1ccc(-c2ccc(C=O)cc2)cc1C.COc1ccc(-c2ccc(CO)cc2)cc1C. The monoisotopic (exact) mass is 454 g/mol. The summed E-state index contributed by atoms with van der Waals surface area (Å²) in [6.07, 6.45) is 0.850. The van der Waals surface area contributed by atoms with Gasteiger partial charge in [-0.1, -0.05) is 60.7 Å². The highest BCUT2D eigenvalue weighted by Gasteiger charge is 2.03. The van der Waals surface area contributed by atoms with Crippen molar-refractivity contribution in [1.82, 2.24) is 0 Å². The molecule has 1 N–H and O–H groups in total. The predicted octanol–water partition coefficient (Wildman–Crippen LogP) is 6.65. The Kier molecular flexibility index (Phi) is 8.60. The zero-order valence-corrected chi connectivity index (χ0v) is 20.0. The zero-order chi connectivity index (χ0) is 24.5. The van der Waals surface area contributed by atoms with Gasteiger partial charge in [0, 0.05) is 5.56 Å². The van der Waals surface area contributed by atoms with Gasteiger partial charge in [0.1, 0.15) is 17.8 Å². The first-order chi connectivity index (χ1) is 16.5. The Morgan fingerprint density at radius 3 is 1.41 bits per heavy atom. The summed E-state index contributed by atoms with van der Waals surface area (Å²) in [7, 11) is 3.35. The fourth-order valence-electron chi connectivity index (χ4n) is 3.67. The van der Waals surface area contributed by atoms with E-state index in [1.165, 1.54) is 0 Å². The fraction of sp³-hybridized carbons (Fsp3) is 0.167. The van der Waals surface area contributed by atoms with Gasteiger partial charge < -0.3 is 14.6 Å². The molecule has 0 saturated carbocycles. The van der Waals surface area contributed by atoms with Gasteiger partial charge in [-0.2, -0.15) is 0 Å². The second kappa shape index (κ2) is 11.8. The molecule has 0 aliphatic rings. The molecule has 0 aliphatic carbocycles. The van der Waals surface area contributed by atoms with Crippen molar-refractivity contribution in [3.8, 4) is 33.8 Å². The Morgan fingerprint density at radius 1 is 0.647 bits per heavy atom. The maximum atomic E-state index is 10.6. The molecule has 0 spiro atoms. The van der Waals surface area contributed by atoms with Crippen LogP contribution in [0.15, 0.2) is 84.9 Å². The van der Waals surface area contributed by atoms with Crippen LogP contribution < -0.4 is 9.47 Å². The Labute approximate surface area is 201 Å². The normalized spacial score (nSPS) is 10.1. The third kappa shape index (κ3) is 6.12. The molecule has 0 unspecified atom stereocenters. The van der Waals surface area contributed by atoms with Crippen molar-refractivity contribution in [3.05, 3.63) is 107 Å². The molecule has 0 saturated heterocycles. The van der Waals surface area contributed by atoms with Gasteiger partial charge in [0.25, 0.3) is 0 Å². The van der Waals surface area contributed by atoms with E-state index in [-0.39, 0.29) is 6.61 Å². The van der Waals surface area contributed by atoms with Gasteiger partial charge in [-0.15, -0.1) is 0 Å². The fourth-order valence-corrected chi connectivity index (χ4v) is 3.67. The summed E-state index contributed by atoms with van der Waals surface area (Å²) < 4.78 is 10.5. The number of rotatable bonds is 6. The standard InChI is InChI=1S/C15H16O2.C15H14O2/c2*1-11-9-14(7-8-15(11)17-2)13-5-3-12(10-16)4-6-13/h3-9,16H,10H2,1-2H3;3-10H,1-2H3. The molecule has 4 aromatic carbocycles. The summed E-state index contributed by atoms with van der Waals surface area (Å²) >= 11 is 0. The minimum absolute atomic E-state index is 0.0852. The summed E-state index contributed by atoms with van der Waals surface area (Å²) in [5, 5.41) is 8.99. The van der Waals surface area contributed by atoms with Crippen LogP contribution in [0.5, 0.6) is 11.5 Å². The third-order valence-corrected chi connectivity index (χ3v) is 5.64. The second-order valence-corrected chi connectivity index (χ2v) is 7.96. The van der Waals surface area contributed by atoms with Crippen molar-refractivity contribution in [3.63, 3.8) is 0 Å². The largest absolute Gasteiger partial charge is 0.496 e. The molecule has 174 valence electrons. The van der Waals surface area contributed by atoms with E-state index < -0.39 is 0 Å². The van der Waals surface area contributed by atoms with Crippen molar-refractivity contribution in [2.75, 3.05) is 14.2 Å². The quantitative estimate of drug-likeness (QED) is 0.332. The number of hydrogen-bond acceptors (Lipinski definition) is 4. The average Bonchev–Trinajstić information content (AvgIpc) is 2.89. The number of ether oxygens (including phenoxy) is 2. The second-order valence-electron chi connectivity index (χ2n) is 7.96. The van der Waals surface area contributed by atoms with Crippen LogP contribution in [0.1, 0.15) is 27.0 Å². The van der Waals surface area contributed by atoms with Gasteiger partial charge in [0.05, 0.1) is 20.8 Å². The van der Waals surface area contributed by atoms with E-state index in [1.54, 1.807) is 14.2 Å². The van der Waals surface area contributed by atoms with Gasteiger partial charge in [0.15, 0.2) is 0 Å². The molecule has 0 amide bonds. The number of aryl methyl sites for hydroxylation is 2. The van der Waals surface area contributed by atoms with Crippen molar-refractivity contribution in [2.24, 2.45) is 0 Å². The Bertz CT molecular complexity index is 1230. The van der Waals surface area contributed by atoms with Crippen LogP contribution in [0.3, 0.4) is 0 Å². The number of methoxy groups -OCH3 is 2. The predicted molar refractivity (Wildman–Crippen MR) is 138 cm³/mol. The van der Waals surface area contributed by atoms with Gasteiger partial charge in [0.2, 0.25) is 0 Å². The van der Waals surface area contributed by atoms with Crippen LogP contribution in [-0.4, -0.2) is 25.6 Å². The summed E-state index contributed by atoms with van der Waals surface area (Å²) in [5.41, 5.74) is 8.38. The van der Waals surface area contributed by atoms with Crippen LogP contribution >= 0.6 is 0 Å². The highest BCUT2D eigenvalue weighted by Crippen LogP contribution is 2.27. The molecule has 4 rings (SSSR count). The van der Waals surface area contributed by atoms with Gasteiger partial charge in [-0.3, -0.25) is 4.79 Å². The lowest BCUT2D eigenvalue weighted by atomic mass is 10.0. The Balaban J connectivity index is 0.000000191. The molecule has 0 aromatic heterocycles. The first-order valence-corrected chi connectivity index (χ1v) is 11.0. The average molecular weight is 455 g/mol. The number of carbonyl (C=O) groups is 1. The molecule has 4 aromatic rings. The van der Waals surface area contributed by atoms with Crippen LogP contribution in [0.25, 0.3) is 22.3 Å². The van der Waals surface area contributed by atoms with E-state index >= 15 is 0 Å². The topological polar surface area (TPSA) is 55.8 Å². The van der Waals surface area contributed by atoms with E-state index in [0.29, 0.717) is 5.56 Å². The smallest absolute Gasteiger partial charge is 0.150 e. The lowest BCUT2D eigenvalue weighted by Crippen LogP contribution is -1.88. The zero-order valence-electron chi connectivity index (χ0n) is 20.0. The molecule has 0 heterocycles. The molecule has 0 atom stereocenters. The number of aldehydes is 1. The van der Waals surface area contributed by atoms with E-state index in [2.05, 4.69) is 12.1 Å². The summed E-state index contributed by atoms with van der Waals surface area (Å²) in [4.78, 5) is 10.6. The van der Waals surface area contributed by atoms with Crippen LogP contribution in [-0.2, 0) is 6.61 Å². The van der Waals surface area contributed by atoms with E-state index in [1.807, 2.05) is 86.6 Å². The van der Waals surface area contributed by atoms with Crippen molar-refractivity contribution >= 4 is 6.29 Å². The number of aliphatic hydroxyl groups excluding tert-OH is 1. The van der Waals surface area contributed by atoms with Gasteiger partial charge in [-0.05, 0) is 77.1 Å². The van der Waals surface area contributed by atoms with Crippen molar-refractivity contribution in [1.29, 1.82) is 0 Å². The highest BCUT2D eigenvalue weighted by molar-refractivity contribution is 5.77. The maximum absolute atomic E-state index is 10.6. The summed E-state index contributed by atoms with van der Waals surface area (Å²) in [6, 6.07) is 27.6. The maximum Gasteiger partial charge on any atom is 0.150 e. The first-order valence-electron chi connectivity index (χ1n) is 11.0. The molecule has 0 fully saturated rings. The molecule has 0 bridgehead atoms. The number of aliphatic hydroxyl groups is 1. The molecule has 4 heteroatoms. The summed E-state index contributed by atoms with van der Waals surface area (Å²) in [5.74, 6) is 1.79. The van der Waals surface area contributed by atoms with Gasteiger partial charge in [-0.25, -0.2) is 0 Å². The Morgan fingerprint density at radius 2 is 1.06 bits per heavy atom. The lowest BCUT2D eigenvalue weighted by Gasteiger charge is -2.08. The first kappa shape index (κ1) is 24.7. The van der Waals surface area contributed by atoms with Crippen LogP contribution in [0.4, 0.5) is 0 Å². The van der Waals surface area contributed by atoms with Crippen LogP contribution in [0.2, 0.25) is 0 Å². The van der Waals surface area contributed by atoms with E-state index in [4.69, 9.17) is 14.6 Å². The minimum Gasteiger partial charge on any atom is -0.496 e.